The highest BCUT2D eigenvalue weighted by atomic mass is 32.2. The second kappa shape index (κ2) is 6.33. The molecular weight excluding hydrogens is 196 g/mol. The molecule has 3 heteroatoms. The first-order chi connectivity index (χ1) is 6.77. The van der Waals surface area contributed by atoms with Crippen LogP contribution < -0.4 is 0 Å². The van der Waals surface area contributed by atoms with Gasteiger partial charge in [-0.15, -0.1) is 0 Å². The van der Waals surface area contributed by atoms with E-state index in [0.29, 0.717) is 12.3 Å². The fourth-order valence-corrected chi connectivity index (χ4v) is 3.52. The van der Waals surface area contributed by atoms with Crippen LogP contribution in [0.3, 0.4) is 0 Å². The number of hydrogen-bond donors (Lipinski definition) is 0. The van der Waals surface area contributed by atoms with Gasteiger partial charge >= 0.3 is 5.97 Å². The molecule has 0 aromatic heterocycles. The molecule has 0 aliphatic carbocycles. The minimum Gasteiger partial charge on any atom is -0.469 e. The standard InChI is InChI=1S/C11H20O2S/c1-3-4-5-9-7-14-8-10(9)6-11(12)13-2/h9-10H,3-8H2,1-2H3/t9-,10-/m1/s1. The maximum atomic E-state index is 11.2. The monoisotopic (exact) mass is 216 g/mol. The van der Waals surface area contributed by atoms with Gasteiger partial charge in [-0.1, -0.05) is 19.8 Å². The first kappa shape index (κ1) is 11.9. The van der Waals surface area contributed by atoms with Crippen molar-refractivity contribution >= 4 is 17.7 Å². The Morgan fingerprint density at radius 3 is 2.79 bits per heavy atom. The number of thioether (sulfide) groups is 1. The molecular formula is C11H20O2S. The molecule has 0 bridgehead atoms. The summed E-state index contributed by atoms with van der Waals surface area (Å²) >= 11 is 1.99. The Morgan fingerprint density at radius 2 is 2.14 bits per heavy atom. The number of hydrogen-bond acceptors (Lipinski definition) is 3. The second-order valence-corrected chi connectivity index (χ2v) is 5.06. The van der Waals surface area contributed by atoms with Crippen LogP contribution in [-0.2, 0) is 9.53 Å². The van der Waals surface area contributed by atoms with Gasteiger partial charge in [-0.05, 0) is 29.8 Å². The normalized spacial score (nSPS) is 26.4. The SMILES string of the molecule is CCCC[C@@H]1CSC[C@H]1CC(=O)OC. The predicted molar refractivity (Wildman–Crippen MR) is 60.5 cm³/mol. The summed E-state index contributed by atoms with van der Waals surface area (Å²) in [6.45, 7) is 2.22. The van der Waals surface area contributed by atoms with E-state index in [1.54, 1.807) is 0 Å². The van der Waals surface area contributed by atoms with Gasteiger partial charge in [0.15, 0.2) is 0 Å². The Labute approximate surface area is 90.8 Å². The molecule has 0 N–H and O–H groups in total. The first-order valence-corrected chi connectivity index (χ1v) is 6.58. The number of carbonyl (C=O) groups excluding carboxylic acids is 1. The summed E-state index contributed by atoms with van der Waals surface area (Å²) in [7, 11) is 1.48. The van der Waals surface area contributed by atoms with Crippen LogP contribution in [0.25, 0.3) is 0 Å². The average Bonchev–Trinajstić information content (AvgIpc) is 2.62. The highest BCUT2D eigenvalue weighted by Crippen LogP contribution is 2.35. The van der Waals surface area contributed by atoms with Gasteiger partial charge in [-0.3, -0.25) is 4.79 Å². The minimum absolute atomic E-state index is 0.0426. The molecule has 1 aliphatic rings. The van der Waals surface area contributed by atoms with Crippen molar-refractivity contribution in [3.63, 3.8) is 0 Å². The van der Waals surface area contributed by atoms with Gasteiger partial charge in [-0.2, -0.15) is 11.8 Å². The van der Waals surface area contributed by atoms with E-state index < -0.39 is 0 Å². The van der Waals surface area contributed by atoms with Crippen LogP contribution in [0.4, 0.5) is 0 Å². The first-order valence-electron chi connectivity index (χ1n) is 5.42. The van der Waals surface area contributed by atoms with E-state index in [2.05, 4.69) is 6.92 Å². The summed E-state index contributed by atoms with van der Waals surface area (Å²) in [5.74, 6) is 3.66. The van der Waals surface area contributed by atoms with E-state index in [-0.39, 0.29) is 5.97 Å². The third kappa shape index (κ3) is 3.52. The van der Waals surface area contributed by atoms with Crippen molar-refractivity contribution in [2.24, 2.45) is 11.8 Å². The van der Waals surface area contributed by atoms with Gasteiger partial charge in [0.05, 0.1) is 7.11 Å². The lowest BCUT2D eigenvalue weighted by Crippen LogP contribution is -2.17. The van der Waals surface area contributed by atoms with Crippen LogP contribution in [0.1, 0.15) is 32.6 Å². The van der Waals surface area contributed by atoms with Crippen molar-refractivity contribution < 1.29 is 9.53 Å². The molecule has 1 saturated heterocycles. The van der Waals surface area contributed by atoms with Crippen molar-refractivity contribution in [3.05, 3.63) is 0 Å². The lowest BCUT2D eigenvalue weighted by atomic mass is 9.89. The third-order valence-corrected chi connectivity index (χ3v) is 4.24. The molecule has 82 valence electrons. The zero-order valence-corrected chi connectivity index (χ0v) is 9.94. The van der Waals surface area contributed by atoms with Crippen molar-refractivity contribution in [3.8, 4) is 0 Å². The molecule has 1 aliphatic heterocycles. The lowest BCUT2D eigenvalue weighted by molar-refractivity contribution is -0.141. The summed E-state index contributed by atoms with van der Waals surface area (Å²) in [4.78, 5) is 11.2. The van der Waals surface area contributed by atoms with Crippen LogP contribution in [0, 0.1) is 11.8 Å². The van der Waals surface area contributed by atoms with Crippen LogP contribution in [0.5, 0.6) is 0 Å². The lowest BCUT2D eigenvalue weighted by Gasteiger charge is -2.16. The van der Waals surface area contributed by atoms with E-state index >= 15 is 0 Å². The molecule has 1 rings (SSSR count). The Hall–Kier alpha value is -0.180. The zero-order chi connectivity index (χ0) is 10.4. The van der Waals surface area contributed by atoms with E-state index in [1.165, 1.54) is 32.1 Å². The van der Waals surface area contributed by atoms with Crippen LogP contribution in [-0.4, -0.2) is 24.6 Å². The molecule has 2 nitrogen and oxygen atoms in total. The fourth-order valence-electron chi connectivity index (χ4n) is 1.95. The summed E-state index contributed by atoms with van der Waals surface area (Å²) in [6, 6.07) is 0. The molecule has 0 unspecified atom stereocenters. The van der Waals surface area contributed by atoms with Crippen LogP contribution in [0.2, 0.25) is 0 Å². The molecule has 0 aromatic rings. The van der Waals surface area contributed by atoms with Gasteiger partial charge in [0.25, 0.3) is 0 Å². The van der Waals surface area contributed by atoms with E-state index in [0.717, 1.165) is 11.7 Å². The highest BCUT2D eigenvalue weighted by Gasteiger charge is 2.29. The quantitative estimate of drug-likeness (QED) is 0.661. The summed E-state index contributed by atoms with van der Waals surface area (Å²) in [5.41, 5.74) is 0. The molecule has 0 aromatic carbocycles. The summed E-state index contributed by atoms with van der Waals surface area (Å²) < 4.78 is 4.72. The molecule has 0 amide bonds. The third-order valence-electron chi connectivity index (χ3n) is 2.92. The summed E-state index contributed by atoms with van der Waals surface area (Å²) in [5, 5.41) is 0. The molecule has 0 saturated carbocycles. The minimum atomic E-state index is -0.0426. The van der Waals surface area contributed by atoms with Crippen LogP contribution >= 0.6 is 11.8 Å². The van der Waals surface area contributed by atoms with E-state index in [1.807, 2.05) is 11.8 Å². The topological polar surface area (TPSA) is 26.3 Å². The number of methoxy groups -OCH3 is 1. The van der Waals surface area contributed by atoms with Crippen molar-refractivity contribution in [1.82, 2.24) is 0 Å². The molecule has 14 heavy (non-hydrogen) atoms. The largest absolute Gasteiger partial charge is 0.469 e. The fraction of sp³-hybridized carbons (Fsp3) is 0.909. The molecule has 0 radical (unpaired) electrons. The summed E-state index contributed by atoms with van der Waals surface area (Å²) in [6.07, 6.45) is 4.46. The maximum absolute atomic E-state index is 11.2. The highest BCUT2D eigenvalue weighted by molar-refractivity contribution is 7.99. The molecule has 1 fully saturated rings. The van der Waals surface area contributed by atoms with Gasteiger partial charge in [-0.25, -0.2) is 0 Å². The second-order valence-electron chi connectivity index (χ2n) is 3.98. The van der Waals surface area contributed by atoms with Gasteiger partial charge in [0.2, 0.25) is 0 Å². The number of rotatable bonds is 5. The van der Waals surface area contributed by atoms with Crippen molar-refractivity contribution in [2.75, 3.05) is 18.6 Å². The van der Waals surface area contributed by atoms with Gasteiger partial charge < -0.3 is 4.74 Å². The molecule has 1 heterocycles. The smallest absolute Gasteiger partial charge is 0.305 e. The Bertz CT molecular complexity index is 182. The molecule has 2 atom stereocenters. The van der Waals surface area contributed by atoms with E-state index in [9.17, 15) is 4.79 Å². The Morgan fingerprint density at radius 1 is 1.43 bits per heavy atom. The zero-order valence-electron chi connectivity index (χ0n) is 9.12. The van der Waals surface area contributed by atoms with Gasteiger partial charge in [0.1, 0.15) is 0 Å². The van der Waals surface area contributed by atoms with Crippen molar-refractivity contribution in [2.45, 2.75) is 32.6 Å². The number of ether oxygens (including phenoxy) is 1. The Balaban J connectivity index is 2.31. The maximum Gasteiger partial charge on any atom is 0.305 e. The van der Waals surface area contributed by atoms with Crippen LogP contribution in [0.15, 0.2) is 0 Å². The number of carbonyl (C=O) groups is 1. The predicted octanol–water partition coefficient (Wildman–Crippen LogP) is 2.72. The average molecular weight is 216 g/mol. The molecule has 0 spiro atoms. The van der Waals surface area contributed by atoms with Crippen molar-refractivity contribution in [1.29, 1.82) is 0 Å². The van der Waals surface area contributed by atoms with Gasteiger partial charge in [0, 0.05) is 6.42 Å². The Kier molecular flexibility index (Phi) is 5.38. The number of esters is 1. The number of unbranched alkanes of at least 4 members (excludes halogenated alkanes) is 1. The van der Waals surface area contributed by atoms with E-state index in [4.69, 9.17) is 4.74 Å².